The van der Waals surface area contributed by atoms with Crippen molar-refractivity contribution in [1.82, 2.24) is 0 Å². The number of amides is 2. The Hall–Kier alpha value is -3.75. The zero-order chi connectivity index (χ0) is 21.8. The number of carbonyl (C=O) groups is 1. The lowest BCUT2D eigenvalue weighted by Gasteiger charge is -2.45. The van der Waals surface area contributed by atoms with Gasteiger partial charge in [-0.1, -0.05) is 6.42 Å². The van der Waals surface area contributed by atoms with E-state index in [2.05, 4.69) is 20.6 Å². The minimum absolute atomic E-state index is 0.226. The molecule has 2 aromatic rings. The van der Waals surface area contributed by atoms with Crippen molar-refractivity contribution in [3.05, 3.63) is 48.5 Å². The molecule has 0 bridgehead atoms. The van der Waals surface area contributed by atoms with Crippen molar-refractivity contribution in [2.45, 2.75) is 37.8 Å². The van der Waals surface area contributed by atoms with E-state index in [0.717, 1.165) is 37.1 Å². The maximum atomic E-state index is 12.3. The lowest BCUT2D eigenvalue weighted by atomic mass is 9.87. The van der Waals surface area contributed by atoms with Gasteiger partial charge in [-0.15, -0.1) is 0 Å². The fraction of sp³-hybridized carbons (Fsp3) is 0.318. The second kappa shape index (κ2) is 8.55. The summed E-state index contributed by atoms with van der Waals surface area (Å²) in [4.78, 5) is 23.1. The lowest BCUT2D eigenvalue weighted by Crippen LogP contribution is -2.58. The highest BCUT2D eigenvalue weighted by atomic mass is 16.5. The molecule has 0 radical (unpaired) electrons. The molecule has 9 nitrogen and oxygen atoms in total. The molecule has 2 amide bonds. The van der Waals surface area contributed by atoms with Crippen LogP contribution in [0.1, 0.15) is 32.1 Å². The topological polar surface area (TPSA) is 130 Å². The Morgan fingerprint density at radius 3 is 2.13 bits per heavy atom. The number of benzene rings is 2. The molecule has 31 heavy (non-hydrogen) atoms. The van der Waals surface area contributed by atoms with Gasteiger partial charge in [0.15, 0.2) is 0 Å². The average molecular weight is 422 g/mol. The first-order chi connectivity index (χ1) is 15.0. The van der Waals surface area contributed by atoms with Crippen molar-refractivity contribution >= 4 is 35.0 Å². The minimum Gasteiger partial charge on any atom is -0.497 e. The van der Waals surface area contributed by atoms with Crippen molar-refractivity contribution in [3.63, 3.8) is 0 Å². The summed E-state index contributed by atoms with van der Waals surface area (Å²) in [6.45, 7) is 0. The standard InChI is InChI=1S/C22H27N7O2/c1-31-18-11-7-16(8-12-18)26-21(30)25-15-5-9-17(10-6-15)29-20(24)27-19(23)28-22(29)13-3-2-4-14-22/h5-12H,2-4,13-14H2,1H3,(H2,25,26,30)(H4,23,24,27,28). The van der Waals surface area contributed by atoms with Gasteiger partial charge in [0.1, 0.15) is 11.4 Å². The van der Waals surface area contributed by atoms with Crippen LogP contribution in [0.25, 0.3) is 0 Å². The predicted molar refractivity (Wildman–Crippen MR) is 124 cm³/mol. The first-order valence-electron chi connectivity index (χ1n) is 10.3. The molecule has 4 rings (SSSR count). The SMILES string of the molecule is COc1ccc(NC(=O)Nc2ccc(N3C(N)=NC(N)=NC34CCCCC4)cc2)cc1. The number of nitrogens with zero attached hydrogens (tertiary/aromatic N) is 3. The fourth-order valence-electron chi connectivity index (χ4n) is 4.16. The summed E-state index contributed by atoms with van der Waals surface area (Å²) in [7, 11) is 1.60. The Labute approximate surface area is 181 Å². The number of aliphatic imine (C=N–C) groups is 2. The van der Waals surface area contributed by atoms with Crippen molar-refractivity contribution < 1.29 is 9.53 Å². The Morgan fingerprint density at radius 2 is 1.55 bits per heavy atom. The van der Waals surface area contributed by atoms with E-state index in [-0.39, 0.29) is 12.0 Å². The third kappa shape index (κ3) is 4.40. The van der Waals surface area contributed by atoms with Crippen LogP contribution in [0.5, 0.6) is 5.75 Å². The monoisotopic (exact) mass is 421 g/mol. The number of rotatable bonds is 4. The number of nitrogens with two attached hydrogens (primary N) is 2. The molecular weight excluding hydrogens is 394 g/mol. The number of methoxy groups -OCH3 is 1. The van der Waals surface area contributed by atoms with Gasteiger partial charge in [-0.05, 0) is 74.2 Å². The second-order valence-electron chi connectivity index (χ2n) is 7.67. The average Bonchev–Trinajstić information content (AvgIpc) is 2.75. The van der Waals surface area contributed by atoms with Crippen LogP contribution in [-0.2, 0) is 0 Å². The van der Waals surface area contributed by atoms with Crippen molar-refractivity contribution in [2.24, 2.45) is 21.5 Å². The van der Waals surface area contributed by atoms with E-state index in [1.54, 1.807) is 31.4 Å². The molecular formula is C22H27N7O2. The molecule has 0 aromatic heterocycles. The molecule has 1 fully saturated rings. The van der Waals surface area contributed by atoms with Crippen LogP contribution < -0.4 is 31.7 Å². The Kier molecular flexibility index (Phi) is 5.66. The number of anilines is 3. The first kappa shape index (κ1) is 20.5. The van der Waals surface area contributed by atoms with Crippen LogP contribution in [0.2, 0.25) is 0 Å². The van der Waals surface area contributed by atoms with Crippen LogP contribution in [0.15, 0.2) is 58.5 Å². The van der Waals surface area contributed by atoms with Gasteiger partial charge in [-0.3, -0.25) is 4.90 Å². The molecule has 1 aliphatic carbocycles. The summed E-state index contributed by atoms with van der Waals surface area (Å²) in [5.74, 6) is 1.29. The number of urea groups is 1. The molecule has 2 aliphatic rings. The highest BCUT2D eigenvalue weighted by Gasteiger charge is 2.42. The van der Waals surface area contributed by atoms with E-state index in [1.165, 1.54) is 6.42 Å². The molecule has 0 unspecified atom stereocenters. The largest absolute Gasteiger partial charge is 0.497 e. The molecule has 0 saturated heterocycles. The highest BCUT2D eigenvalue weighted by molar-refractivity contribution is 6.06. The van der Waals surface area contributed by atoms with E-state index in [0.29, 0.717) is 17.3 Å². The molecule has 0 atom stereocenters. The third-order valence-electron chi connectivity index (χ3n) is 5.58. The summed E-state index contributed by atoms with van der Waals surface area (Å²) in [6, 6.07) is 14.2. The molecule has 2 aromatic carbocycles. The number of carbonyl (C=O) groups excluding carboxylic acids is 1. The van der Waals surface area contributed by atoms with Crippen LogP contribution in [-0.4, -0.2) is 30.7 Å². The molecule has 162 valence electrons. The summed E-state index contributed by atoms with van der Waals surface area (Å²) in [5, 5.41) is 5.62. The molecule has 1 saturated carbocycles. The number of guanidine groups is 2. The van der Waals surface area contributed by atoms with Crippen molar-refractivity contribution in [1.29, 1.82) is 0 Å². The van der Waals surface area contributed by atoms with Gasteiger partial charge in [0.05, 0.1) is 7.11 Å². The maximum Gasteiger partial charge on any atom is 0.323 e. The molecule has 1 heterocycles. The van der Waals surface area contributed by atoms with Gasteiger partial charge in [0.25, 0.3) is 0 Å². The molecule has 1 spiro atoms. The zero-order valence-corrected chi connectivity index (χ0v) is 17.5. The van der Waals surface area contributed by atoms with Crippen LogP contribution in [0, 0.1) is 0 Å². The molecule has 6 N–H and O–H groups in total. The normalized spacial score (nSPS) is 17.5. The van der Waals surface area contributed by atoms with Crippen molar-refractivity contribution in [3.8, 4) is 5.75 Å². The van der Waals surface area contributed by atoms with E-state index >= 15 is 0 Å². The van der Waals surface area contributed by atoms with Gasteiger partial charge < -0.3 is 26.8 Å². The number of hydrogen-bond donors (Lipinski definition) is 4. The summed E-state index contributed by atoms with van der Waals surface area (Å²) >= 11 is 0. The van der Waals surface area contributed by atoms with Crippen LogP contribution in [0.3, 0.4) is 0 Å². The summed E-state index contributed by atoms with van der Waals surface area (Å²) < 4.78 is 5.12. The van der Waals surface area contributed by atoms with E-state index in [4.69, 9.17) is 16.2 Å². The lowest BCUT2D eigenvalue weighted by molar-refractivity contribution is 0.262. The minimum atomic E-state index is -0.491. The Bertz CT molecular complexity index is 994. The van der Waals surface area contributed by atoms with Crippen LogP contribution >= 0.6 is 0 Å². The quantitative estimate of drug-likeness (QED) is 0.601. The third-order valence-corrected chi connectivity index (χ3v) is 5.58. The van der Waals surface area contributed by atoms with Crippen LogP contribution in [0.4, 0.5) is 21.9 Å². The Balaban J connectivity index is 1.47. The smallest absolute Gasteiger partial charge is 0.323 e. The van der Waals surface area contributed by atoms with Gasteiger partial charge in [0, 0.05) is 17.1 Å². The fourth-order valence-corrected chi connectivity index (χ4v) is 4.16. The zero-order valence-electron chi connectivity index (χ0n) is 17.5. The summed E-state index contributed by atoms with van der Waals surface area (Å²) in [5.41, 5.74) is 13.9. The van der Waals surface area contributed by atoms with Gasteiger partial charge >= 0.3 is 6.03 Å². The number of hydrogen-bond acceptors (Lipinski definition) is 7. The molecule has 1 aliphatic heterocycles. The van der Waals surface area contributed by atoms with E-state index in [9.17, 15) is 4.79 Å². The summed E-state index contributed by atoms with van der Waals surface area (Å²) in [6.07, 6.45) is 5.04. The van der Waals surface area contributed by atoms with E-state index < -0.39 is 5.66 Å². The molecule has 9 heteroatoms. The van der Waals surface area contributed by atoms with Crippen molar-refractivity contribution in [2.75, 3.05) is 22.6 Å². The number of ether oxygens (including phenoxy) is 1. The van der Waals surface area contributed by atoms with Gasteiger partial charge in [-0.25, -0.2) is 9.79 Å². The predicted octanol–water partition coefficient (Wildman–Crippen LogP) is 3.45. The number of nitrogens with one attached hydrogen (secondary N) is 2. The first-order valence-corrected chi connectivity index (χ1v) is 10.3. The second-order valence-corrected chi connectivity index (χ2v) is 7.67. The maximum absolute atomic E-state index is 12.3. The Morgan fingerprint density at radius 1 is 0.968 bits per heavy atom. The van der Waals surface area contributed by atoms with Gasteiger partial charge in [-0.2, -0.15) is 4.99 Å². The van der Waals surface area contributed by atoms with Gasteiger partial charge in [0.2, 0.25) is 11.9 Å². The highest BCUT2D eigenvalue weighted by Crippen LogP contribution is 2.39. The van der Waals surface area contributed by atoms with E-state index in [1.807, 2.05) is 29.2 Å².